The Morgan fingerprint density at radius 2 is 2.00 bits per heavy atom. The standard InChI is InChI=1S/C10H15Cl2N3/c1-4-13-9-7(11)6-8(12)10(14-9)15(3)5-2/h6H,4-5H2,1-3H3,(H,13,14). The molecule has 0 radical (unpaired) electrons. The maximum Gasteiger partial charge on any atom is 0.149 e. The van der Waals surface area contributed by atoms with Crippen LogP contribution < -0.4 is 10.2 Å². The van der Waals surface area contributed by atoms with Crippen LogP contribution in [0.25, 0.3) is 0 Å². The summed E-state index contributed by atoms with van der Waals surface area (Å²) < 4.78 is 0. The first-order valence-electron chi connectivity index (χ1n) is 4.91. The minimum Gasteiger partial charge on any atom is -0.369 e. The van der Waals surface area contributed by atoms with E-state index >= 15 is 0 Å². The van der Waals surface area contributed by atoms with E-state index in [1.165, 1.54) is 0 Å². The highest BCUT2D eigenvalue weighted by Gasteiger charge is 2.11. The summed E-state index contributed by atoms with van der Waals surface area (Å²) in [5.41, 5.74) is 0. The first-order chi connectivity index (χ1) is 7.10. The molecule has 84 valence electrons. The molecular formula is C10H15Cl2N3. The van der Waals surface area contributed by atoms with Gasteiger partial charge in [-0.05, 0) is 19.9 Å². The largest absolute Gasteiger partial charge is 0.369 e. The van der Waals surface area contributed by atoms with Gasteiger partial charge in [-0.15, -0.1) is 0 Å². The number of nitrogens with one attached hydrogen (secondary N) is 1. The lowest BCUT2D eigenvalue weighted by Crippen LogP contribution is -2.18. The topological polar surface area (TPSA) is 28.2 Å². The average Bonchev–Trinajstić information content (AvgIpc) is 2.21. The molecule has 3 nitrogen and oxygen atoms in total. The molecule has 1 rings (SSSR count). The molecule has 0 unspecified atom stereocenters. The highest BCUT2D eigenvalue weighted by Crippen LogP contribution is 2.30. The SMILES string of the molecule is CCNc1nc(N(C)CC)c(Cl)cc1Cl. The van der Waals surface area contributed by atoms with Crippen molar-refractivity contribution in [2.75, 3.05) is 30.4 Å². The van der Waals surface area contributed by atoms with Crippen molar-refractivity contribution in [2.24, 2.45) is 0 Å². The van der Waals surface area contributed by atoms with Gasteiger partial charge in [-0.2, -0.15) is 0 Å². The number of rotatable bonds is 4. The van der Waals surface area contributed by atoms with Gasteiger partial charge in [0.2, 0.25) is 0 Å². The summed E-state index contributed by atoms with van der Waals surface area (Å²) in [6.45, 7) is 5.67. The normalized spacial score (nSPS) is 10.2. The fourth-order valence-electron chi connectivity index (χ4n) is 1.17. The molecule has 1 aromatic rings. The van der Waals surface area contributed by atoms with Crippen molar-refractivity contribution < 1.29 is 0 Å². The molecule has 0 aliphatic carbocycles. The number of hydrogen-bond donors (Lipinski definition) is 1. The van der Waals surface area contributed by atoms with Gasteiger partial charge >= 0.3 is 0 Å². The van der Waals surface area contributed by atoms with Gasteiger partial charge in [-0.25, -0.2) is 4.98 Å². The van der Waals surface area contributed by atoms with Crippen LogP contribution in [-0.2, 0) is 0 Å². The lowest BCUT2D eigenvalue weighted by atomic mass is 10.4. The molecular weight excluding hydrogens is 233 g/mol. The molecule has 0 saturated carbocycles. The number of hydrogen-bond acceptors (Lipinski definition) is 3. The molecule has 0 amide bonds. The molecule has 1 aromatic heterocycles. The zero-order chi connectivity index (χ0) is 11.4. The third kappa shape index (κ3) is 2.89. The van der Waals surface area contributed by atoms with Gasteiger partial charge < -0.3 is 10.2 Å². The smallest absolute Gasteiger partial charge is 0.149 e. The Balaban J connectivity index is 3.11. The van der Waals surface area contributed by atoms with Crippen LogP contribution >= 0.6 is 23.2 Å². The number of nitrogens with zero attached hydrogens (tertiary/aromatic N) is 2. The second kappa shape index (κ2) is 5.42. The lowest BCUT2D eigenvalue weighted by Gasteiger charge is -2.18. The molecule has 0 aliphatic rings. The molecule has 0 fully saturated rings. The summed E-state index contributed by atoms with van der Waals surface area (Å²) in [5.74, 6) is 1.43. The maximum atomic E-state index is 6.06. The first-order valence-corrected chi connectivity index (χ1v) is 5.66. The third-order valence-electron chi connectivity index (χ3n) is 2.09. The summed E-state index contributed by atoms with van der Waals surface area (Å²) >= 11 is 12.1. The van der Waals surface area contributed by atoms with Gasteiger partial charge in [-0.3, -0.25) is 0 Å². The van der Waals surface area contributed by atoms with E-state index in [2.05, 4.69) is 10.3 Å². The Morgan fingerprint density at radius 3 is 2.53 bits per heavy atom. The molecule has 1 N–H and O–H groups in total. The van der Waals surface area contributed by atoms with Gasteiger partial charge in [0.15, 0.2) is 0 Å². The monoisotopic (exact) mass is 247 g/mol. The fourth-order valence-corrected chi connectivity index (χ4v) is 1.74. The number of aromatic nitrogens is 1. The summed E-state index contributed by atoms with van der Waals surface area (Å²) in [6.07, 6.45) is 0. The van der Waals surface area contributed by atoms with E-state index in [-0.39, 0.29) is 0 Å². The molecule has 15 heavy (non-hydrogen) atoms. The van der Waals surface area contributed by atoms with Gasteiger partial charge in [0.1, 0.15) is 11.6 Å². The summed E-state index contributed by atoms with van der Waals surface area (Å²) in [6, 6.07) is 1.72. The van der Waals surface area contributed by atoms with Crippen LogP contribution in [0.1, 0.15) is 13.8 Å². The molecule has 0 spiro atoms. The quantitative estimate of drug-likeness (QED) is 0.886. The molecule has 0 atom stereocenters. The average molecular weight is 248 g/mol. The van der Waals surface area contributed by atoms with E-state index in [0.717, 1.165) is 18.9 Å². The van der Waals surface area contributed by atoms with Crippen molar-refractivity contribution in [3.63, 3.8) is 0 Å². The van der Waals surface area contributed by atoms with Crippen LogP contribution in [0.4, 0.5) is 11.6 Å². The van der Waals surface area contributed by atoms with Crippen LogP contribution in [-0.4, -0.2) is 25.1 Å². The highest BCUT2D eigenvalue weighted by atomic mass is 35.5. The van der Waals surface area contributed by atoms with Crippen LogP contribution in [0.5, 0.6) is 0 Å². The maximum absolute atomic E-state index is 6.06. The van der Waals surface area contributed by atoms with E-state index in [1.54, 1.807) is 6.07 Å². The Labute approximate surface area is 100 Å². The molecule has 5 heteroatoms. The summed E-state index contributed by atoms with van der Waals surface area (Å²) in [7, 11) is 1.94. The lowest BCUT2D eigenvalue weighted by molar-refractivity contribution is 0.937. The molecule has 1 heterocycles. The van der Waals surface area contributed by atoms with Crippen LogP contribution in [0.3, 0.4) is 0 Å². The zero-order valence-corrected chi connectivity index (χ0v) is 10.7. The van der Waals surface area contributed by atoms with Crippen molar-refractivity contribution in [3.05, 3.63) is 16.1 Å². The fraction of sp³-hybridized carbons (Fsp3) is 0.500. The van der Waals surface area contributed by atoms with Gasteiger partial charge in [-0.1, -0.05) is 23.2 Å². The van der Waals surface area contributed by atoms with E-state index in [9.17, 15) is 0 Å². The second-order valence-electron chi connectivity index (χ2n) is 3.17. The molecule has 0 saturated heterocycles. The van der Waals surface area contributed by atoms with E-state index in [1.807, 2.05) is 25.8 Å². The number of halogens is 2. The molecule has 0 aromatic carbocycles. The van der Waals surface area contributed by atoms with E-state index in [0.29, 0.717) is 15.9 Å². The van der Waals surface area contributed by atoms with Crippen molar-refractivity contribution in [3.8, 4) is 0 Å². The minimum atomic E-state index is 0.551. The number of pyridine rings is 1. The van der Waals surface area contributed by atoms with Crippen LogP contribution in [0.2, 0.25) is 10.0 Å². The highest BCUT2D eigenvalue weighted by molar-refractivity contribution is 6.37. The third-order valence-corrected chi connectivity index (χ3v) is 2.66. The van der Waals surface area contributed by atoms with E-state index in [4.69, 9.17) is 23.2 Å². The van der Waals surface area contributed by atoms with Gasteiger partial charge in [0, 0.05) is 20.1 Å². The Bertz CT molecular complexity index is 342. The van der Waals surface area contributed by atoms with Crippen molar-refractivity contribution in [1.29, 1.82) is 0 Å². The van der Waals surface area contributed by atoms with Crippen molar-refractivity contribution >= 4 is 34.8 Å². The number of anilines is 2. The summed E-state index contributed by atoms with van der Waals surface area (Å²) in [5, 5.41) is 4.22. The Morgan fingerprint density at radius 1 is 1.33 bits per heavy atom. The Kier molecular flexibility index (Phi) is 4.48. The predicted octanol–water partition coefficient (Wildman–Crippen LogP) is 3.28. The molecule has 0 aliphatic heterocycles. The van der Waals surface area contributed by atoms with Crippen LogP contribution in [0, 0.1) is 0 Å². The summed E-state index contributed by atoms with van der Waals surface area (Å²) in [4.78, 5) is 6.35. The minimum absolute atomic E-state index is 0.551. The van der Waals surface area contributed by atoms with Crippen molar-refractivity contribution in [1.82, 2.24) is 4.98 Å². The first kappa shape index (κ1) is 12.4. The Hall–Kier alpha value is -0.670. The van der Waals surface area contributed by atoms with Crippen LogP contribution in [0.15, 0.2) is 6.07 Å². The zero-order valence-electron chi connectivity index (χ0n) is 9.14. The van der Waals surface area contributed by atoms with Crippen molar-refractivity contribution in [2.45, 2.75) is 13.8 Å². The van der Waals surface area contributed by atoms with E-state index < -0.39 is 0 Å². The second-order valence-corrected chi connectivity index (χ2v) is 3.98. The van der Waals surface area contributed by atoms with Gasteiger partial charge in [0.05, 0.1) is 10.0 Å². The predicted molar refractivity (Wildman–Crippen MR) is 67.4 cm³/mol. The van der Waals surface area contributed by atoms with Gasteiger partial charge in [0.25, 0.3) is 0 Å². The molecule has 0 bridgehead atoms.